The van der Waals surface area contributed by atoms with Crippen molar-refractivity contribution in [3.8, 4) is 16.9 Å². The van der Waals surface area contributed by atoms with E-state index in [-0.39, 0.29) is 5.91 Å². The quantitative estimate of drug-likeness (QED) is 0.285. The zero-order chi connectivity index (χ0) is 22.5. The Balaban J connectivity index is 1.67. The Morgan fingerprint density at radius 3 is 2.66 bits per heavy atom. The zero-order valence-electron chi connectivity index (χ0n) is 18.0. The maximum Gasteiger partial charge on any atom is 0.244 e. The van der Waals surface area contributed by atoms with Crippen LogP contribution in [0.5, 0.6) is 5.75 Å². The Bertz CT molecular complexity index is 1270. The fourth-order valence-corrected chi connectivity index (χ4v) is 4.03. The topological polar surface area (TPSA) is 51.5 Å². The largest absolute Gasteiger partial charge is 0.493 e. The van der Waals surface area contributed by atoms with Crippen molar-refractivity contribution in [3.63, 3.8) is 0 Å². The van der Waals surface area contributed by atoms with Crippen LogP contribution in [0.4, 0.5) is 0 Å². The summed E-state index contributed by atoms with van der Waals surface area (Å²) in [4.78, 5) is 12.6. The smallest absolute Gasteiger partial charge is 0.244 e. The molecular formula is C27H24BrNO3. The van der Waals surface area contributed by atoms with Gasteiger partial charge in [-0.15, -0.1) is 0 Å². The van der Waals surface area contributed by atoms with Crippen molar-refractivity contribution in [1.29, 1.82) is 0 Å². The summed E-state index contributed by atoms with van der Waals surface area (Å²) in [6.07, 6.45) is 3.38. The molecule has 0 bridgehead atoms. The molecule has 0 radical (unpaired) electrons. The number of fused-ring (bicyclic) bond motifs is 1. The molecule has 5 heteroatoms. The number of halogens is 1. The van der Waals surface area contributed by atoms with E-state index >= 15 is 0 Å². The molecule has 0 fully saturated rings. The lowest BCUT2D eigenvalue weighted by molar-refractivity contribution is -0.116. The minimum absolute atomic E-state index is 0.145. The molecule has 32 heavy (non-hydrogen) atoms. The summed E-state index contributed by atoms with van der Waals surface area (Å²) >= 11 is 3.54. The number of allylic oxidation sites excluding steroid dienone is 1. The summed E-state index contributed by atoms with van der Waals surface area (Å²) in [5.74, 6) is 0.549. The molecule has 0 aliphatic carbocycles. The van der Waals surface area contributed by atoms with Crippen LogP contribution in [0.15, 0.2) is 88.0 Å². The van der Waals surface area contributed by atoms with Gasteiger partial charge >= 0.3 is 0 Å². The lowest BCUT2D eigenvalue weighted by Gasteiger charge is -2.12. The SMILES string of the molecule is CCOc1cc2occ(-c3cccc(Br)c3)c2cc1/C(C)=C/C(=O)NCc1ccccc1. The van der Waals surface area contributed by atoms with Gasteiger partial charge < -0.3 is 14.5 Å². The highest BCUT2D eigenvalue weighted by atomic mass is 79.9. The average Bonchev–Trinajstić information content (AvgIpc) is 3.21. The van der Waals surface area contributed by atoms with Crippen molar-refractivity contribution in [1.82, 2.24) is 5.32 Å². The summed E-state index contributed by atoms with van der Waals surface area (Å²) in [5, 5.41) is 3.92. The third kappa shape index (κ3) is 4.94. The predicted molar refractivity (Wildman–Crippen MR) is 132 cm³/mol. The van der Waals surface area contributed by atoms with Crippen LogP contribution in [0.25, 0.3) is 27.7 Å². The number of carbonyl (C=O) groups is 1. The number of rotatable bonds is 7. The fraction of sp³-hybridized carbons (Fsp3) is 0.148. The Kier molecular flexibility index (Phi) is 6.76. The summed E-state index contributed by atoms with van der Waals surface area (Å²) in [6.45, 7) is 4.86. The van der Waals surface area contributed by atoms with Crippen molar-refractivity contribution in [2.45, 2.75) is 20.4 Å². The van der Waals surface area contributed by atoms with E-state index in [0.717, 1.165) is 43.3 Å². The lowest BCUT2D eigenvalue weighted by atomic mass is 9.99. The highest BCUT2D eigenvalue weighted by Crippen LogP contribution is 2.38. The van der Waals surface area contributed by atoms with E-state index in [1.54, 1.807) is 12.3 Å². The number of hydrogen-bond acceptors (Lipinski definition) is 3. The number of nitrogens with one attached hydrogen (secondary N) is 1. The highest BCUT2D eigenvalue weighted by Gasteiger charge is 2.15. The summed E-state index contributed by atoms with van der Waals surface area (Å²) in [5.41, 5.74) is 5.53. The maximum absolute atomic E-state index is 12.6. The third-order valence-electron chi connectivity index (χ3n) is 5.19. The van der Waals surface area contributed by atoms with E-state index < -0.39 is 0 Å². The van der Waals surface area contributed by atoms with Crippen molar-refractivity contribution >= 4 is 38.4 Å². The monoisotopic (exact) mass is 489 g/mol. The summed E-state index contributed by atoms with van der Waals surface area (Å²) < 4.78 is 12.7. The van der Waals surface area contributed by atoms with Gasteiger partial charge in [0.2, 0.25) is 5.91 Å². The molecule has 162 valence electrons. The van der Waals surface area contributed by atoms with Gasteiger partial charge in [0, 0.05) is 39.7 Å². The highest BCUT2D eigenvalue weighted by molar-refractivity contribution is 9.10. The third-order valence-corrected chi connectivity index (χ3v) is 5.69. The van der Waals surface area contributed by atoms with Gasteiger partial charge in [0.1, 0.15) is 11.3 Å². The molecule has 0 saturated heterocycles. The molecule has 4 aromatic rings. The fourth-order valence-electron chi connectivity index (χ4n) is 3.63. The number of carbonyl (C=O) groups excluding carboxylic acids is 1. The van der Waals surface area contributed by atoms with Gasteiger partial charge in [-0.2, -0.15) is 0 Å². The molecule has 1 heterocycles. The second-order valence-electron chi connectivity index (χ2n) is 7.47. The summed E-state index contributed by atoms with van der Waals surface area (Å²) in [6, 6.07) is 21.9. The maximum atomic E-state index is 12.6. The number of hydrogen-bond donors (Lipinski definition) is 1. The van der Waals surface area contributed by atoms with Crippen LogP contribution in [0, 0.1) is 0 Å². The number of amides is 1. The molecule has 1 N–H and O–H groups in total. The molecule has 0 saturated carbocycles. The van der Waals surface area contributed by atoms with Crippen LogP contribution in [0.2, 0.25) is 0 Å². The van der Waals surface area contributed by atoms with Crippen molar-refractivity contribution in [3.05, 3.63) is 94.7 Å². The molecule has 0 atom stereocenters. The van der Waals surface area contributed by atoms with Gasteiger partial charge in [0.25, 0.3) is 0 Å². The molecule has 1 aromatic heterocycles. The Hall–Kier alpha value is -3.31. The van der Waals surface area contributed by atoms with Crippen LogP contribution >= 0.6 is 15.9 Å². The van der Waals surface area contributed by atoms with Crippen LogP contribution in [0.3, 0.4) is 0 Å². The normalized spacial score (nSPS) is 11.5. The van der Waals surface area contributed by atoms with Gasteiger partial charge in [-0.3, -0.25) is 4.79 Å². The van der Waals surface area contributed by atoms with Crippen molar-refractivity contribution in [2.24, 2.45) is 0 Å². The summed E-state index contributed by atoms with van der Waals surface area (Å²) in [7, 11) is 0. The molecule has 0 aliphatic rings. The first-order valence-electron chi connectivity index (χ1n) is 10.5. The number of ether oxygens (including phenoxy) is 1. The molecule has 0 aliphatic heterocycles. The molecule has 4 rings (SSSR count). The van der Waals surface area contributed by atoms with Crippen LogP contribution in [-0.2, 0) is 11.3 Å². The van der Waals surface area contributed by atoms with E-state index in [0.29, 0.717) is 18.9 Å². The number of furan rings is 1. The van der Waals surface area contributed by atoms with E-state index in [4.69, 9.17) is 9.15 Å². The van der Waals surface area contributed by atoms with E-state index in [9.17, 15) is 4.79 Å². The van der Waals surface area contributed by atoms with Crippen LogP contribution in [-0.4, -0.2) is 12.5 Å². The Morgan fingerprint density at radius 2 is 1.91 bits per heavy atom. The van der Waals surface area contributed by atoms with Crippen LogP contribution < -0.4 is 10.1 Å². The molecular weight excluding hydrogens is 466 g/mol. The molecule has 4 nitrogen and oxygen atoms in total. The average molecular weight is 490 g/mol. The van der Waals surface area contributed by atoms with Gasteiger partial charge in [0.05, 0.1) is 12.9 Å². The Morgan fingerprint density at radius 1 is 1.09 bits per heavy atom. The van der Waals surface area contributed by atoms with Crippen LogP contribution in [0.1, 0.15) is 25.0 Å². The second kappa shape index (κ2) is 9.88. The first-order chi connectivity index (χ1) is 15.5. The minimum atomic E-state index is -0.145. The molecule has 3 aromatic carbocycles. The lowest BCUT2D eigenvalue weighted by Crippen LogP contribution is -2.20. The van der Waals surface area contributed by atoms with E-state index in [2.05, 4.69) is 27.3 Å². The van der Waals surface area contributed by atoms with Crippen molar-refractivity contribution in [2.75, 3.05) is 6.61 Å². The van der Waals surface area contributed by atoms with E-state index in [1.165, 1.54) is 0 Å². The van der Waals surface area contributed by atoms with Gasteiger partial charge in [-0.25, -0.2) is 0 Å². The van der Waals surface area contributed by atoms with Gasteiger partial charge in [-0.05, 0) is 48.7 Å². The molecule has 1 amide bonds. The minimum Gasteiger partial charge on any atom is -0.493 e. The second-order valence-corrected chi connectivity index (χ2v) is 8.38. The zero-order valence-corrected chi connectivity index (χ0v) is 19.6. The molecule has 0 spiro atoms. The van der Waals surface area contributed by atoms with E-state index in [1.807, 2.05) is 74.5 Å². The molecule has 0 unspecified atom stereocenters. The Labute approximate surface area is 196 Å². The number of benzene rings is 3. The predicted octanol–water partition coefficient (Wildman–Crippen LogP) is 6.98. The standard InChI is InChI=1S/C27H24BrNO3/c1-3-31-25-15-26-23(24(17-32-26)20-10-7-11-21(28)13-20)14-22(25)18(2)12-27(30)29-16-19-8-5-4-6-9-19/h4-15,17H,3,16H2,1-2H3,(H,29,30)/b18-12+. The first-order valence-corrected chi connectivity index (χ1v) is 11.3. The first kappa shape index (κ1) is 21.9. The van der Waals surface area contributed by atoms with Crippen molar-refractivity contribution < 1.29 is 13.9 Å². The van der Waals surface area contributed by atoms with Gasteiger partial charge in [-0.1, -0.05) is 58.4 Å². The van der Waals surface area contributed by atoms with Gasteiger partial charge in [0.15, 0.2) is 0 Å².